The summed E-state index contributed by atoms with van der Waals surface area (Å²) in [6.07, 6.45) is 0.147. The molecule has 1 aromatic carbocycles. The minimum Gasteiger partial charge on any atom is -0.491 e. The summed E-state index contributed by atoms with van der Waals surface area (Å²) in [6.45, 7) is 7.70. The molecule has 0 saturated heterocycles. The summed E-state index contributed by atoms with van der Waals surface area (Å²) in [5.74, 6) is 0.833. The monoisotopic (exact) mass is 264 g/mol. The number of carbonyl (C=O) groups is 1. The average Bonchev–Trinajstić information content (AvgIpc) is 2.37. The summed E-state index contributed by atoms with van der Waals surface area (Å²) >= 11 is 0. The van der Waals surface area contributed by atoms with Gasteiger partial charge in [0.05, 0.1) is 11.6 Å². The van der Waals surface area contributed by atoms with E-state index in [4.69, 9.17) is 4.74 Å². The van der Waals surface area contributed by atoms with Crippen LogP contribution in [-0.2, 0) is 4.79 Å². The number of ether oxygens (including phenoxy) is 1. The van der Waals surface area contributed by atoms with Crippen molar-refractivity contribution >= 4 is 11.6 Å². The number of hydrogen-bond acceptors (Lipinski definition) is 3. The van der Waals surface area contributed by atoms with E-state index in [2.05, 4.69) is 5.32 Å². The van der Waals surface area contributed by atoms with Gasteiger partial charge in [0.1, 0.15) is 5.75 Å². The van der Waals surface area contributed by atoms with Crippen LogP contribution in [0.25, 0.3) is 0 Å². The second-order valence-electron chi connectivity index (χ2n) is 5.40. The van der Waals surface area contributed by atoms with E-state index >= 15 is 0 Å². The molecule has 4 heteroatoms. The Hall–Kier alpha value is -1.55. The van der Waals surface area contributed by atoms with Crippen molar-refractivity contribution in [1.29, 1.82) is 0 Å². The minimum absolute atomic E-state index is 0.0209. The van der Waals surface area contributed by atoms with Crippen LogP contribution in [0.2, 0.25) is 0 Å². The van der Waals surface area contributed by atoms with Crippen molar-refractivity contribution in [2.45, 2.75) is 39.3 Å². The van der Waals surface area contributed by atoms with Gasteiger partial charge in [0.15, 0.2) is 0 Å². The highest BCUT2D eigenvalue weighted by atomic mass is 16.5. The van der Waals surface area contributed by atoms with Gasteiger partial charge in [-0.2, -0.15) is 0 Å². The third-order valence-corrected chi connectivity index (χ3v) is 3.06. The maximum absolute atomic E-state index is 12.3. The summed E-state index contributed by atoms with van der Waals surface area (Å²) in [6, 6.07) is 7.54. The molecule has 0 saturated carbocycles. The average molecular weight is 264 g/mol. The molecule has 4 nitrogen and oxygen atoms in total. The van der Waals surface area contributed by atoms with Crippen LogP contribution in [0.5, 0.6) is 5.75 Å². The summed E-state index contributed by atoms with van der Waals surface area (Å²) in [5, 5.41) is 3.01. The Kier molecular flexibility index (Phi) is 4.95. The molecular weight excluding hydrogens is 240 g/mol. The maximum Gasteiger partial charge on any atom is 0.246 e. The fourth-order valence-electron chi connectivity index (χ4n) is 1.66. The van der Waals surface area contributed by atoms with Crippen LogP contribution in [0.4, 0.5) is 5.69 Å². The van der Waals surface area contributed by atoms with Crippen LogP contribution in [-0.4, -0.2) is 31.6 Å². The lowest BCUT2D eigenvalue weighted by Gasteiger charge is -2.29. The molecule has 0 fully saturated rings. The minimum atomic E-state index is -0.581. The van der Waals surface area contributed by atoms with Crippen molar-refractivity contribution in [1.82, 2.24) is 5.32 Å². The second-order valence-corrected chi connectivity index (χ2v) is 5.40. The molecule has 1 N–H and O–H groups in total. The van der Waals surface area contributed by atoms with Gasteiger partial charge in [0, 0.05) is 12.7 Å². The Morgan fingerprint density at radius 3 is 2.21 bits per heavy atom. The quantitative estimate of drug-likeness (QED) is 0.888. The molecule has 19 heavy (non-hydrogen) atoms. The normalized spacial score (nSPS) is 11.5. The Bertz CT molecular complexity index is 424. The number of rotatable bonds is 5. The van der Waals surface area contributed by atoms with E-state index in [-0.39, 0.29) is 12.0 Å². The van der Waals surface area contributed by atoms with Crippen molar-refractivity contribution < 1.29 is 9.53 Å². The van der Waals surface area contributed by atoms with Gasteiger partial charge in [-0.3, -0.25) is 4.79 Å². The molecule has 0 aliphatic heterocycles. The van der Waals surface area contributed by atoms with E-state index in [0.717, 1.165) is 11.4 Å². The third kappa shape index (κ3) is 3.96. The zero-order valence-corrected chi connectivity index (χ0v) is 12.7. The van der Waals surface area contributed by atoms with Gasteiger partial charge in [-0.15, -0.1) is 0 Å². The molecule has 1 rings (SSSR count). The molecule has 0 radical (unpaired) electrons. The van der Waals surface area contributed by atoms with Gasteiger partial charge in [-0.1, -0.05) is 0 Å². The highest BCUT2D eigenvalue weighted by molar-refractivity contribution is 5.99. The van der Waals surface area contributed by atoms with Crippen molar-refractivity contribution in [3.8, 4) is 5.75 Å². The number of likely N-dealkylation sites (N-methyl/N-ethyl adjacent to an activating group) is 2. The van der Waals surface area contributed by atoms with Gasteiger partial charge < -0.3 is 15.0 Å². The molecule has 0 unspecified atom stereocenters. The first-order valence-corrected chi connectivity index (χ1v) is 6.51. The van der Waals surface area contributed by atoms with Crippen LogP contribution >= 0.6 is 0 Å². The van der Waals surface area contributed by atoms with Crippen LogP contribution < -0.4 is 15.0 Å². The molecule has 106 valence electrons. The molecule has 0 aromatic heterocycles. The maximum atomic E-state index is 12.3. The summed E-state index contributed by atoms with van der Waals surface area (Å²) in [5.41, 5.74) is 0.270. The van der Waals surface area contributed by atoms with Gasteiger partial charge >= 0.3 is 0 Å². The smallest absolute Gasteiger partial charge is 0.246 e. The Labute approximate surface area is 115 Å². The SMILES string of the molecule is CNC(C)(C)C(=O)N(C)c1ccc(OC(C)C)cc1. The van der Waals surface area contributed by atoms with Gasteiger partial charge in [-0.05, 0) is 59.0 Å². The van der Waals surface area contributed by atoms with E-state index in [9.17, 15) is 4.79 Å². The third-order valence-electron chi connectivity index (χ3n) is 3.06. The van der Waals surface area contributed by atoms with Gasteiger partial charge in [0.2, 0.25) is 5.91 Å². The van der Waals surface area contributed by atoms with E-state index in [1.54, 1.807) is 19.0 Å². The Morgan fingerprint density at radius 1 is 1.26 bits per heavy atom. The van der Waals surface area contributed by atoms with Crippen molar-refractivity contribution in [2.75, 3.05) is 19.0 Å². The summed E-state index contributed by atoms with van der Waals surface area (Å²) in [4.78, 5) is 13.9. The second kappa shape index (κ2) is 6.06. The number of nitrogens with zero attached hydrogens (tertiary/aromatic N) is 1. The highest BCUT2D eigenvalue weighted by Gasteiger charge is 2.29. The number of nitrogens with one attached hydrogen (secondary N) is 1. The molecule has 0 spiro atoms. The number of amides is 1. The molecule has 1 amide bonds. The van der Waals surface area contributed by atoms with E-state index < -0.39 is 5.54 Å². The summed E-state index contributed by atoms with van der Waals surface area (Å²) < 4.78 is 5.58. The lowest BCUT2D eigenvalue weighted by molar-refractivity contribution is -0.123. The molecule has 0 heterocycles. The first-order valence-electron chi connectivity index (χ1n) is 6.51. The van der Waals surface area contributed by atoms with Crippen LogP contribution in [0.15, 0.2) is 24.3 Å². The van der Waals surface area contributed by atoms with Gasteiger partial charge in [0.25, 0.3) is 0 Å². The first kappa shape index (κ1) is 15.5. The van der Waals surface area contributed by atoms with E-state index in [0.29, 0.717) is 0 Å². The van der Waals surface area contributed by atoms with Gasteiger partial charge in [-0.25, -0.2) is 0 Å². The topological polar surface area (TPSA) is 41.6 Å². The predicted molar refractivity (Wildman–Crippen MR) is 78.8 cm³/mol. The van der Waals surface area contributed by atoms with E-state index in [1.807, 2.05) is 52.0 Å². The van der Waals surface area contributed by atoms with Crippen LogP contribution in [0, 0.1) is 0 Å². The zero-order valence-electron chi connectivity index (χ0n) is 12.7. The van der Waals surface area contributed by atoms with Crippen molar-refractivity contribution in [3.05, 3.63) is 24.3 Å². The Balaban J connectivity index is 2.83. The number of hydrogen-bond donors (Lipinski definition) is 1. The molecule has 0 atom stereocenters. The lowest BCUT2D eigenvalue weighted by Crippen LogP contribution is -2.51. The zero-order chi connectivity index (χ0) is 14.6. The standard InChI is InChI=1S/C15H24N2O2/c1-11(2)19-13-9-7-12(8-10-13)17(6)14(18)15(3,4)16-5/h7-11,16H,1-6H3. The molecule has 0 aliphatic carbocycles. The summed E-state index contributed by atoms with van der Waals surface area (Å²) in [7, 11) is 3.56. The number of benzene rings is 1. The van der Waals surface area contributed by atoms with Crippen molar-refractivity contribution in [2.24, 2.45) is 0 Å². The van der Waals surface area contributed by atoms with Crippen molar-refractivity contribution in [3.63, 3.8) is 0 Å². The molecular formula is C15H24N2O2. The van der Waals surface area contributed by atoms with Crippen LogP contribution in [0.3, 0.4) is 0 Å². The first-order chi connectivity index (χ1) is 8.77. The molecule has 1 aromatic rings. The lowest BCUT2D eigenvalue weighted by atomic mass is 10.0. The predicted octanol–water partition coefficient (Wildman–Crippen LogP) is 2.43. The molecule has 0 bridgehead atoms. The van der Waals surface area contributed by atoms with E-state index in [1.165, 1.54) is 0 Å². The molecule has 0 aliphatic rings. The largest absolute Gasteiger partial charge is 0.491 e. The highest BCUT2D eigenvalue weighted by Crippen LogP contribution is 2.21. The fraction of sp³-hybridized carbons (Fsp3) is 0.533. The number of anilines is 1. The fourth-order valence-corrected chi connectivity index (χ4v) is 1.66. The Morgan fingerprint density at radius 2 is 1.79 bits per heavy atom. The number of carbonyl (C=O) groups excluding carboxylic acids is 1. The van der Waals surface area contributed by atoms with Crippen LogP contribution in [0.1, 0.15) is 27.7 Å².